The molecule has 0 radical (unpaired) electrons. The highest BCUT2D eigenvalue weighted by Crippen LogP contribution is 2.30. The van der Waals surface area contributed by atoms with E-state index in [1.807, 2.05) is 46.7 Å². The Morgan fingerprint density at radius 1 is 0.750 bits per heavy atom. The minimum absolute atomic E-state index is 0.0106. The van der Waals surface area contributed by atoms with Crippen molar-refractivity contribution in [1.29, 1.82) is 0 Å². The summed E-state index contributed by atoms with van der Waals surface area (Å²) in [6.45, 7) is 14.0. The van der Waals surface area contributed by atoms with Crippen molar-refractivity contribution in [3.05, 3.63) is 29.8 Å². The van der Waals surface area contributed by atoms with E-state index in [1.54, 1.807) is 66.8 Å². The third kappa shape index (κ3) is 19.1. The van der Waals surface area contributed by atoms with Gasteiger partial charge in [0.15, 0.2) is 0 Å². The number of piperidine rings is 1. The third-order valence-electron chi connectivity index (χ3n) is 15.0. The van der Waals surface area contributed by atoms with Gasteiger partial charge >= 0.3 is 0 Å². The van der Waals surface area contributed by atoms with Crippen molar-refractivity contribution in [1.82, 2.24) is 40.9 Å². The molecule has 0 aromatic heterocycles. The Labute approximate surface area is 450 Å². The first-order chi connectivity index (χ1) is 35.9. The van der Waals surface area contributed by atoms with Gasteiger partial charge in [-0.15, -0.1) is 0 Å². The number of ether oxygens (including phenoxy) is 2. The van der Waals surface area contributed by atoms with Crippen molar-refractivity contribution in [3.63, 3.8) is 0 Å². The van der Waals surface area contributed by atoms with E-state index in [-0.39, 0.29) is 98.0 Å². The average Bonchev–Trinajstić information content (AvgIpc) is 3.87. The van der Waals surface area contributed by atoms with Gasteiger partial charge in [0.1, 0.15) is 6.04 Å². The number of hydrogen-bond donors (Lipinski definition) is 7. The van der Waals surface area contributed by atoms with E-state index in [9.17, 15) is 43.2 Å². The summed E-state index contributed by atoms with van der Waals surface area (Å²) in [5, 5.41) is 13.9. The van der Waals surface area contributed by atoms with Gasteiger partial charge in [0, 0.05) is 77.9 Å². The molecule has 2 heterocycles. The second-order valence-electron chi connectivity index (χ2n) is 21.5. The molecule has 9 atom stereocenters. The molecule has 2 aliphatic rings. The second kappa shape index (κ2) is 31.5. The highest BCUT2D eigenvalue weighted by Gasteiger charge is 2.42. The number of carbonyl (C=O) groups is 9. The maximum absolute atomic E-state index is 14.2. The normalized spacial score (nSPS) is 18.2. The molecule has 9 amide bonds. The molecule has 1 aromatic carbocycles. The summed E-state index contributed by atoms with van der Waals surface area (Å²) in [5.74, 6) is -4.38. The quantitative estimate of drug-likeness (QED) is 0.0567. The fourth-order valence-corrected chi connectivity index (χ4v) is 10.4. The van der Waals surface area contributed by atoms with Crippen molar-refractivity contribution in [2.75, 3.05) is 79.9 Å². The van der Waals surface area contributed by atoms with Crippen LogP contribution in [-0.2, 0) is 59.0 Å². The number of primary amides is 1. The molecule has 0 spiro atoms. The number of nitrogens with one attached hydrogen (secondary N) is 5. The number of nitrogens with two attached hydrogens (primary N) is 2. The van der Waals surface area contributed by atoms with Gasteiger partial charge < -0.3 is 62.2 Å². The van der Waals surface area contributed by atoms with Crippen LogP contribution in [-0.4, -0.2) is 190 Å². The minimum atomic E-state index is -0.941. The standard InChI is InChI=1S/C54H91N11O11/c1-13-34(6)49(63(10)46(70)31-58-54(74)48(33(4)5)62(8)9)41(75-11)28-45(69)65-24-14-15-40(65)50(76-12)35(7)52(72)60-39(29-55)27-36-16-18-38(19-17-36)59-43(67)30-57-53(73)47(32(2)3)61-42(66)20-21-44(68)64-25-22-37(23-26-64)51(56)71/h16-19,32-35,37,39-41,47-50H,13-15,20-31,55H2,1-12H3,(H2,56,71)(H,57,73)(H,58,74)(H,59,67)(H,60,72)(H,61,66)/t34-,35+,39-,40-,41+,47?,48?,49-,50+/m0/s1. The van der Waals surface area contributed by atoms with Gasteiger partial charge in [0.25, 0.3) is 0 Å². The summed E-state index contributed by atoms with van der Waals surface area (Å²) in [6.07, 6.45) is 1.91. The summed E-state index contributed by atoms with van der Waals surface area (Å²) in [6, 6.07) is 4.32. The van der Waals surface area contributed by atoms with Crippen LogP contribution in [0.15, 0.2) is 24.3 Å². The topological polar surface area (TPSA) is 297 Å². The number of carbonyl (C=O) groups excluding carboxylic acids is 9. The van der Waals surface area contributed by atoms with Crippen molar-refractivity contribution in [2.24, 2.45) is 41.1 Å². The van der Waals surface area contributed by atoms with Gasteiger partial charge in [0.05, 0.1) is 55.8 Å². The zero-order valence-corrected chi connectivity index (χ0v) is 47.3. The van der Waals surface area contributed by atoms with E-state index in [4.69, 9.17) is 20.9 Å². The number of hydrogen-bond acceptors (Lipinski definition) is 13. The van der Waals surface area contributed by atoms with Gasteiger partial charge in [-0.05, 0) is 81.6 Å². The smallest absolute Gasteiger partial charge is 0.243 e. The molecule has 1 aromatic rings. The number of anilines is 1. The molecule has 2 aliphatic heterocycles. The summed E-state index contributed by atoms with van der Waals surface area (Å²) in [7, 11) is 8.38. The first-order valence-corrected chi connectivity index (χ1v) is 27.0. The summed E-state index contributed by atoms with van der Waals surface area (Å²) < 4.78 is 11.9. The SMILES string of the molecule is CC[C@H](C)[C@@H]([C@@H](CC(=O)N1CCC[C@H]1[C@H](OC)[C@@H](C)C(=O)N[C@H](CN)Cc1ccc(NC(=O)CNC(=O)C(NC(=O)CCC(=O)N2CCC(C(N)=O)CC2)C(C)C)cc1)OC)N(C)C(=O)CNC(=O)C(C(C)C)N(C)C. The lowest BCUT2D eigenvalue weighted by Gasteiger charge is -2.39. The molecule has 0 bridgehead atoms. The van der Waals surface area contributed by atoms with E-state index >= 15 is 0 Å². The maximum atomic E-state index is 14.2. The van der Waals surface area contributed by atoms with Gasteiger partial charge in [-0.1, -0.05) is 67.0 Å². The molecule has 0 aliphatic carbocycles. The van der Waals surface area contributed by atoms with E-state index in [2.05, 4.69) is 26.6 Å². The number of nitrogens with zero attached hydrogens (tertiary/aromatic N) is 4. The first kappa shape index (κ1) is 64.6. The highest BCUT2D eigenvalue weighted by atomic mass is 16.5. The number of likely N-dealkylation sites (tertiary alicyclic amines) is 2. The van der Waals surface area contributed by atoms with Gasteiger partial charge in [-0.25, -0.2) is 0 Å². The largest absolute Gasteiger partial charge is 0.379 e. The Morgan fingerprint density at radius 2 is 1.38 bits per heavy atom. The summed E-state index contributed by atoms with van der Waals surface area (Å²) in [4.78, 5) is 124. The molecule has 2 saturated heterocycles. The Hall–Kier alpha value is -5.71. The predicted octanol–water partition coefficient (Wildman–Crippen LogP) is 0.995. The molecule has 22 heteroatoms. The monoisotopic (exact) mass is 1070 g/mol. The lowest BCUT2D eigenvalue weighted by Crippen LogP contribution is -2.55. The predicted molar refractivity (Wildman–Crippen MR) is 289 cm³/mol. The summed E-state index contributed by atoms with van der Waals surface area (Å²) >= 11 is 0. The van der Waals surface area contributed by atoms with Crippen LogP contribution in [0, 0.1) is 29.6 Å². The van der Waals surface area contributed by atoms with Crippen LogP contribution in [0.2, 0.25) is 0 Å². The fraction of sp³-hybridized carbons (Fsp3) is 0.722. The number of benzene rings is 1. The van der Waals surface area contributed by atoms with E-state index in [1.165, 1.54) is 14.2 Å². The van der Waals surface area contributed by atoms with Gasteiger partial charge in [0.2, 0.25) is 53.2 Å². The molecule has 22 nitrogen and oxygen atoms in total. The lowest BCUT2D eigenvalue weighted by molar-refractivity contribution is -0.146. The Morgan fingerprint density at radius 3 is 1.92 bits per heavy atom. The van der Waals surface area contributed by atoms with Crippen LogP contribution in [0.3, 0.4) is 0 Å². The minimum Gasteiger partial charge on any atom is -0.379 e. The molecular weight excluding hydrogens is 979 g/mol. The van der Waals surface area contributed by atoms with Crippen LogP contribution < -0.4 is 38.1 Å². The highest BCUT2D eigenvalue weighted by molar-refractivity contribution is 5.96. The Balaban J connectivity index is 1.54. The molecular formula is C54H91N11O11. The van der Waals surface area contributed by atoms with E-state index < -0.39 is 66.1 Å². The Bertz CT molecular complexity index is 2090. The van der Waals surface area contributed by atoms with Crippen molar-refractivity contribution < 1.29 is 52.6 Å². The molecule has 76 heavy (non-hydrogen) atoms. The van der Waals surface area contributed by atoms with Crippen molar-refractivity contribution in [3.8, 4) is 0 Å². The van der Waals surface area contributed by atoms with Crippen LogP contribution in [0.4, 0.5) is 5.69 Å². The first-order valence-electron chi connectivity index (χ1n) is 27.0. The van der Waals surface area contributed by atoms with Gasteiger partial charge in [-0.3, -0.25) is 48.1 Å². The average molecular weight is 1070 g/mol. The van der Waals surface area contributed by atoms with Crippen LogP contribution in [0.5, 0.6) is 0 Å². The molecule has 428 valence electrons. The molecule has 2 unspecified atom stereocenters. The summed E-state index contributed by atoms with van der Waals surface area (Å²) in [5.41, 5.74) is 12.9. The zero-order chi connectivity index (χ0) is 57.0. The van der Waals surface area contributed by atoms with Crippen LogP contribution in [0.1, 0.15) is 105 Å². The van der Waals surface area contributed by atoms with Crippen LogP contribution >= 0.6 is 0 Å². The lowest BCUT2D eigenvalue weighted by atomic mass is 9.90. The molecule has 0 saturated carbocycles. The number of rotatable bonds is 30. The zero-order valence-electron chi connectivity index (χ0n) is 47.3. The van der Waals surface area contributed by atoms with Gasteiger partial charge in [-0.2, -0.15) is 0 Å². The van der Waals surface area contributed by atoms with Crippen molar-refractivity contribution >= 4 is 58.9 Å². The maximum Gasteiger partial charge on any atom is 0.243 e. The third-order valence-corrected chi connectivity index (χ3v) is 15.0. The Kier molecular flexibility index (Phi) is 26.8. The van der Waals surface area contributed by atoms with Crippen LogP contribution in [0.25, 0.3) is 0 Å². The number of methoxy groups -OCH3 is 2. The van der Waals surface area contributed by atoms with E-state index in [0.29, 0.717) is 63.8 Å². The molecule has 2 fully saturated rings. The molecule has 9 N–H and O–H groups in total. The van der Waals surface area contributed by atoms with Crippen molar-refractivity contribution in [2.45, 2.75) is 149 Å². The number of likely N-dealkylation sites (N-methyl/N-ethyl adjacent to an activating group) is 2. The number of amides is 9. The molecule has 3 rings (SSSR count). The fourth-order valence-electron chi connectivity index (χ4n) is 10.4. The second-order valence-corrected chi connectivity index (χ2v) is 21.5. The van der Waals surface area contributed by atoms with E-state index in [0.717, 1.165) is 5.56 Å².